The van der Waals surface area contributed by atoms with Crippen molar-refractivity contribution in [3.8, 4) is 10.6 Å². The van der Waals surface area contributed by atoms with Gasteiger partial charge in [-0.05, 0) is 36.4 Å². The van der Waals surface area contributed by atoms with Crippen LogP contribution < -0.4 is 5.32 Å². The largest absolute Gasteiger partial charge is 0.476 e. The van der Waals surface area contributed by atoms with Gasteiger partial charge in [0.15, 0.2) is 5.69 Å². The van der Waals surface area contributed by atoms with Gasteiger partial charge in [-0.15, -0.1) is 11.3 Å². The number of thiazole rings is 1. The molecule has 1 heterocycles. The summed E-state index contributed by atoms with van der Waals surface area (Å²) in [5.41, 5.74) is 2.09. The minimum atomic E-state index is -1.04. The van der Waals surface area contributed by atoms with Crippen LogP contribution in [0, 0.1) is 0 Å². The second-order valence-electron chi connectivity index (χ2n) is 4.74. The van der Waals surface area contributed by atoms with Gasteiger partial charge in [0, 0.05) is 22.2 Å². The number of carboxylic acids is 1. The number of hydrogen-bond acceptors (Lipinski definition) is 4. The summed E-state index contributed by atoms with van der Waals surface area (Å²) >= 11 is 1.27. The number of benzene rings is 2. The second kappa shape index (κ2) is 6.41. The van der Waals surface area contributed by atoms with Crippen molar-refractivity contribution < 1.29 is 14.7 Å². The molecule has 23 heavy (non-hydrogen) atoms. The van der Waals surface area contributed by atoms with Crippen LogP contribution in [0.2, 0.25) is 0 Å². The van der Waals surface area contributed by atoms with Crippen molar-refractivity contribution in [1.82, 2.24) is 4.98 Å². The van der Waals surface area contributed by atoms with Crippen LogP contribution in [0.1, 0.15) is 20.8 Å². The Morgan fingerprint density at radius 2 is 1.70 bits per heavy atom. The van der Waals surface area contributed by atoms with Crippen molar-refractivity contribution in [2.45, 2.75) is 0 Å². The van der Waals surface area contributed by atoms with Crippen molar-refractivity contribution in [3.05, 3.63) is 71.2 Å². The standard InChI is InChI=1S/C17H12N2O3S/c20-15(11-4-2-1-3-5-11)18-13-8-6-12(7-9-13)16-19-14(10-23-16)17(21)22/h1-10H,(H,18,20)(H,21,22). The Kier molecular flexibility index (Phi) is 4.16. The van der Waals surface area contributed by atoms with Crippen LogP contribution in [0.4, 0.5) is 5.69 Å². The van der Waals surface area contributed by atoms with Crippen LogP contribution in [-0.4, -0.2) is 22.0 Å². The summed E-state index contributed by atoms with van der Waals surface area (Å²) in [5.74, 6) is -1.22. The van der Waals surface area contributed by atoms with Gasteiger partial charge in [-0.25, -0.2) is 9.78 Å². The highest BCUT2D eigenvalue weighted by Crippen LogP contribution is 2.25. The predicted octanol–water partition coefficient (Wildman–Crippen LogP) is 3.76. The van der Waals surface area contributed by atoms with E-state index in [1.165, 1.54) is 16.7 Å². The fraction of sp³-hybridized carbons (Fsp3) is 0. The SMILES string of the molecule is O=C(Nc1ccc(-c2nc(C(=O)O)cs2)cc1)c1ccccc1. The average Bonchev–Trinajstić information content (AvgIpc) is 3.07. The van der Waals surface area contributed by atoms with Crippen LogP contribution in [0.3, 0.4) is 0 Å². The van der Waals surface area contributed by atoms with Gasteiger partial charge in [0.1, 0.15) is 5.01 Å². The molecule has 6 heteroatoms. The average molecular weight is 324 g/mol. The Labute approximate surface area is 136 Å². The smallest absolute Gasteiger partial charge is 0.355 e. The van der Waals surface area contributed by atoms with Crippen molar-refractivity contribution in [3.63, 3.8) is 0 Å². The molecule has 1 aromatic heterocycles. The monoisotopic (exact) mass is 324 g/mol. The highest BCUT2D eigenvalue weighted by molar-refractivity contribution is 7.13. The Morgan fingerprint density at radius 1 is 1.00 bits per heavy atom. The lowest BCUT2D eigenvalue weighted by Gasteiger charge is -2.05. The maximum atomic E-state index is 12.1. The molecule has 114 valence electrons. The van der Waals surface area contributed by atoms with Gasteiger partial charge in [0.2, 0.25) is 0 Å². The highest BCUT2D eigenvalue weighted by atomic mass is 32.1. The van der Waals surface area contributed by atoms with Crippen molar-refractivity contribution in [1.29, 1.82) is 0 Å². The van der Waals surface area contributed by atoms with Crippen LogP contribution in [0.5, 0.6) is 0 Å². The lowest BCUT2D eigenvalue weighted by molar-refractivity contribution is 0.0691. The Balaban J connectivity index is 1.74. The van der Waals surface area contributed by atoms with Gasteiger partial charge >= 0.3 is 5.97 Å². The number of anilines is 1. The van der Waals surface area contributed by atoms with E-state index in [0.29, 0.717) is 16.3 Å². The summed E-state index contributed by atoms with van der Waals surface area (Å²) in [6, 6.07) is 16.1. The molecule has 5 nitrogen and oxygen atoms in total. The van der Waals surface area contributed by atoms with Gasteiger partial charge in [0.25, 0.3) is 5.91 Å². The normalized spacial score (nSPS) is 10.3. The zero-order chi connectivity index (χ0) is 16.2. The first-order chi connectivity index (χ1) is 11.1. The summed E-state index contributed by atoms with van der Waals surface area (Å²) in [5, 5.41) is 13.8. The number of nitrogens with one attached hydrogen (secondary N) is 1. The maximum absolute atomic E-state index is 12.1. The molecule has 0 bridgehead atoms. The zero-order valence-corrected chi connectivity index (χ0v) is 12.7. The molecule has 1 amide bonds. The van der Waals surface area contributed by atoms with Gasteiger partial charge in [-0.1, -0.05) is 18.2 Å². The molecule has 0 spiro atoms. The second-order valence-corrected chi connectivity index (χ2v) is 5.60. The molecule has 0 radical (unpaired) electrons. The number of carbonyl (C=O) groups is 2. The lowest BCUT2D eigenvalue weighted by atomic mass is 10.2. The zero-order valence-electron chi connectivity index (χ0n) is 11.9. The van der Waals surface area contributed by atoms with E-state index in [2.05, 4.69) is 10.3 Å². The van der Waals surface area contributed by atoms with Crippen molar-refractivity contribution in [2.75, 3.05) is 5.32 Å². The Morgan fingerprint density at radius 3 is 2.30 bits per heavy atom. The molecule has 0 atom stereocenters. The highest BCUT2D eigenvalue weighted by Gasteiger charge is 2.10. The third-order valence-electron chi connectivity index (χ3n) is 3.15. The fourth-order valence-electron chi connectivity index (χ4n) is 1.99. The quantitative estimate of drug-likeness (QED) is 0.766. The summed E-state index contributed by atoms with van der Waals surface area (Å²) in [7, 11) is 0. The van der Waals surface area contributed by atoms with Crippen LogP contribution in [0.15, 0.2) is 60.0 Å². The molecular formula is C17H12N2O3S. The van der Waals surface area contributed by atoms with E-state index >= 15 is 0 Å². The van der Waals surface area contributed by atoms with Crippen molar-refractivity contribution >= 4 is 28.9 Å². The fourth-order valence-corrected chi connectivity index (χ4v) is 2.79. The van der Waals surface area contributed by atoms with Crippen LogP contribution in [0.25, 0.3) is 10.6 Å². The van der Waals surface area contributed by atoms with E-state index in [9.17, 15) is 9.59 Å². The molecule has 3 rings (SSSR count). The van der Waals surface area contributed by atoms with E-state index in [-0.39, 0.29) is 11.6 Å². The Hall–Kier alpha value is -2.99. The number of amides is 1. The molecule has 0 saturated heterocycles. The third-order valence-corrected chi connectivity index (χ3v) is 4.04. The molecule has 3 aromatic rings. The molecule has 0 aliphatic heterocycles. The van der Waals surface area contributed by atoms with Gasteiger partial charge in [-0.3, -0.25) is 4.79 Å². The van der Waals surface area contributed by atoms with E-state index < -0.39 is 5.97 Å². The molecule has 2 N–H and O–H groups in total. The number of carbonyl (C=O) groups excluding carboxylic acids is 1. The first kappa shape index (κ1) is 14.9. The number of rotatable bonds is 4. The first-order valence-electron chi connectivity index (χ1n) is 6.79. The van der Waals surface area contributed by atoms with Crippen LogP contribution >= 0.6 is 11.3 Å². The molecule has 0 fully saturated rings. The Bertz CT molecular complexity index is 842. The summed E-state index contributed by atoms with van der Waals surface area (Å²) in [6.45, 7) is 0. The summed E-state index contributed by atoms with van der Waals surface area (Å²) in [4.78, 5) is 27.0. The molecule has 0 aliphatic rings. The van der Waals surface area contributed by atoms with Gasteiger partial charge in [0.05, 0.1) is 0 Å². The molecule has 0 aliphatic carbocycles. The number of aromatic carboxylic acids is 1. The lowest BCUT2D eigenvalue weighted by Crippen LogP contribution is -2.11. The summed E-state index contributed by atoms with van der Waals surface area (Å²) in [6.07, 6.45) is 0. The van der Waals surface area contributed by atoms with E-state index in [0.717, 1.165) is 5.56 Å². The van der Waals surface area contributed by atoms with Gasteiger partial charge < -0.3 is 10.4 Å². The number of aromatic nitrogens is 1. The topological polar surface area (TPSA) is 79.3 Å². The molecular weight excluding hydrogens is 312 g/mol. The number of hydrogen-bond donors (Lipinski definition) is 2. The minimum absolute atomic E-state index is 0.0338. The summed E-state index contributed by atoms with van der Waals surface area (Å²) < 4.78 is 0. The van der Waals surface area contributed by atoms with E-state index in [1.807, 2.05) is 6.07 Å². The number of nitrogens with zero attached hydrogens (tertiary/aromatic N) is 1. The van der Waals surface area contributed by atoms with Gasteiger partial charge in [-0.2, -0.15) is 0 Å². The van der Waals surface area contributed by atoms with E-state index in [4.69, 9.17) is 5.11 Å². The minimum Gasteiger partial charge on any atom is -0.476 e. The van der Waals surface area contributed by atoms with Crippen LogP contribution in [-0.2, 0) is 0 Å². The number of carboxylic acid groups (broad SMARTS) is 1. The van der Waals surface area contributed by atoms with Crippen molar-refractivity contribution in [2.24, 2.45) is 0 Å². The predicted molar refractivity (Wildman–Crippen MR) is 88.9 cm³/mol. The first-order valence-corrected chi connectivity index (χ1v) is 7.67. The van der Waals surface area contributed by atoms with E-state index in [1.54, 1.807) is 48.5 Å². The maximum Gasteiger partial charge on any atom is 0.355 e. The molecule has 2 aromatic carbocycles. The molecule has 0 unspecified atom stereocenters. The molecule has 0 saturated carbocycles. The third kappa shape index (κ3) is 3.44.